The SMILES string of the molecule is CSc1nc(OCc2nc(-c3ccc(C(C)(C)C)cc3)no2)c2ccccc2n1. The fourth-order valence-electron chi connectivity index (χ4n) is 2.91. The molecule has 0 unspecified atom stereocenters. The second kappa shape index (κ2) is 7.83. The van der Waals surface area contributed by atoms with Crippen molar-refractivity contribution in [3.63, 3.8) is 0 Å². The lowest BCUT2D eigenvalue weighted by Crippen LogP contribution is -2.10. The standard InChI is InChI=1S/C22H22N4O2S/c1-22(2,3)15-11-9-14(10-12-15)19-24-18(28-26-19)13-27-20-16-7-5-6-8-17(16)23-21(25-20)29-4/h5-12H,13H2,1-4H3. The topological polar surface area (TPSA) is 73.9 Å². The first-order valence-corrected chi connectivity index (χ1v) is 10.5. The molecule has 4 aromatic rings. The Balaban J connectivity index is 1.53. The number of aromatic nitrogens is 4. The molecule has 0 saturated heterocycles. The highest BCUT2D eigenvalue weighted by atomic mass is 32.2. The van der Waals surface area contributed by atoms with E-state index >= 15 is 0 Å². The lowest BCUT2D eigenvalue weighted by molar-refractivity contribution is 0.236. The fourth-order valence-corrected chi connectivity index (χ4v) is 3.27. The zero-order valence-electron chi connectivity index (χ0n) is 16.8. The predicted octanol–water partition coefficient (Wildman–Crippen LogP) is 5.28. The molecule has 148 valence electrons. The van der Waals surface area contributed by atoms with Crippen LogP contribution in [0.25, 0.3) is 22.3 Å². The molecular weight excluding hydrogens is 384 g/mol. The summed E-state index contributed by atoms with van der Waals surface area (Å²) in [4.78, 5) is 13.4. The molecule has 0 amide bonds. The third-order valence-corrected chi connectivity index (χ3v) is 5.09. The van der Waals surface area contributed by atoms with Crippen LogP contribution in [-0.4, -0.2) is 26.4 Å². The van der Waals surface area contributed by atoms with E-state index in [2.05, 4.69) is 53.0 Å². The first kappa shape index (κ1) is 19.4. The van der Waals surface area contributed by atoms with Gasteiger partial charge in [0.05, 0.1) is 10.9 Å². The Morgan fingerprint density at radius 3 is 2.45 bits per heavy atom. The van der Waals surface area contributed by atoms with E-state index in [0.717, 1.165) is 16.5 Å². The number of para-hydroxylation sites is 1. The van der Waals surface area contributed by atoms with E-state index < -0.39 is 0 Å². The highest BCUT2D eigenvalue weighted by Gasteiger charge is 2.15. The molecule has 4 rings (SSSR count). The Morgan fingerprint density at radius 1 is 0.966 bits per heavy atom. The van der Waals surface area contributed by atoms with Gasteiger partial charge in [0.25, 0.3) is 5.89 Å². The van der Waals surface area contributed by atoms with Crippen molar-refractivity contribution >= 4 is 22.7 Å². The Kier molecular flexibility index (Phi) is 5.24. The van der Waals surface area contributed by atoms with E-state index in [4.69, 9.17) is 9.26 Å². The number of benzene rings is 2. The van der Waals surface area contributed by atoms with Gasteiger partial charge >= 0.3 is 0 Å². The maximum atomic E-state index is 5.90. The molecule has 0 bridgehead atoms. The maximum absolute atomic E-state index is 5.90. The van der Waals surface area contributed by atoms with E-state index in [1.807, 2.05) is 42.7 Å². The summed E-state index contributed by atoms with van der Waals surface area (Å²) >= 11 is 1.47. The number of rotatable bonds is 5. The van der Waals surface area contributed by atoms with Gasteiger partial charge in [-0.3, -0.25) is 0 Å². The van der Waals surface area contributed by atoms with Gasteiger partial charge in [-0.1, -0.05) is 74.1 Å². The van der Waals surface area contributed by atoms with Gasteiger partial charge in [0.15, 0.2) is 11.8 Å². The van der Waals surface area contributed by atoms with Crippen molar-refractivity contribution in [3.8, 4) is 17.3 Å². The summed E-state index contributed by atoms with van der Waals surface area (Å²) in [5, 5.41) is 5.59. The van der Waals surface area contributed by atoms with Gasteiger partial charge in [-0.05, 0) is 29.4 Å². The average Bonchev–Trinajstić information content (AvgIpc) is 3.20. The molecule has 0 aliphatic rings. The number of hydrogen-bond donors (Lipinski definition) is 0. The smallest absolute Gasteiger partial charge is 0.264 e. The first-order valence-electron chi connectivity index (χ1n) is 9.31. The molecule has 0 aliphatic heterocycles. The zero-order chi connectivity index (χ0) is 20.4. The molecule has 0 fully saturated rings. The van der Waals surface area contributed by atoms with E-state index in [-0.39, 0.29) is 12.0 Å². The summed E-state index contributed by atoms with van der Waals surface area (Å²) in [5.74, 6) is 1.45. The average molecular weight is 407 g/mol. The van der Waals surface area contributed by atoms with Crippen molar-refractivity contribution in [2.24, 2.45) is 0 Å². The number of nitrogens with zero attached hydrogens (tertiary/aromatic N) is 4. The molecule has 0 N–H and O–H groups in total. The summed E-state index contributed by atoms with van der Waals surface area (Å²) < 4.78 is 11.3. The van der Waals surface area contributed by atoms with Gasteiger partial charge in [-0.2, -0.15) is 9.97 Å². The molecule has 6 nitrogen and oxygen atoms in total. The lowest BCUT2D eigenvalue weighted by atomic mass is 9.87. The molecule has 2 aromatic heterocycles. The van der Waals surface area contributed by atoms with Crippen LogP contribution in [0.3, 0.4) is 0 Å². The number of ether oxygens (including phenoxy) is 1. The summed E-state index contributed by atoms with van der Waals surface area (Å²) in [6.45, 7) is 6.70. The van der Waals surface area contributed by atoms with Crippen LogP contribution < -0.4 is 4.74 Å². The first-order chi connectivity index (χ1) is 13.9. The van der Waals surface area contributed by atoms with Gasteiger partial charge in [0.1, 0.15) is 0 Å². The van der Waals surface area contributed by atoms with Crippen LogP contribution >= 0.6 is 11.8 Å². The van der Waals surface area contributed by atoms with Crippen molar-refractivity contribution in [1.29, 1.82) is 0 Å². The van der Waals surface area contributed by atoms with Crippen molar-refractivity contribution in [2.75, 3.05) is 6.26 Å². The van der Waals surface area contributed by atoms with Crippen LogP contribution in [0.5, 0.6) is 5.88 Å². The van der Waals surface area contributed by atoms with Crippen molar-refractivity contribution in [3.05, 3.63) is 60.0 Å². The van der Waals surface area contributed by atoms with Gasteiger partial charge in [-0.15, -0.1) is 0 Å². The predicted molar refractivity (Wildman–Crippen MR) is 114 cm³/mol. The maximum Gasteiger partial charge on any atom is 0.264 e. The van der Waals surface area contributed by atoms with E-state index in [1.54, 1.807) is 0 Å². The van der Waals surface area contributed by atoms with Crippen LogP contribution in [0.15, 0.2) is 58.2 Å². The number of fused-ring (bicyclic) bond motifs is 1. The fraction of sp³-hybridized carbons (Fsp3) is 0.273. The Labute approximate surface area is 173 Å². The van der Waals surface area contributed by atoms with Crippen LogP contribution in [0.2, 0.25) is 0 Å². The lowest BCUT2D eigenvalue weighted by Gasteiger charge is -2.18. The molecule has 7 heteroatoms. The highest BCUT2D eigenvalue weighted by molar-refractivity contribution is 7.98. The van der Waals surface area contributed by atoms with E-state index in [0.29, 0.717) is 22.8 Å². The normalized spacial score (nSPS) is 11.7. The molecule has 2 aromatic carbocycles. The van der Waals surface area contributed by atoms with Crippen LogP contribution in [0, 0.1) is 0 Å². The third-order valence-electron chi connectivity index (χ3n) is 4.54. The van der Waals surface area contributed by atoms with Gasteiger partial charge in [0, 0.05) is 5.56 Å². The zero-order valence-corrected chi connectivity index (χ0v) is 17.7. The minimum Gasteiger partial charge on any atom is -0.467 e. The molecule has 0 atom stereocenters. The summed E-state index contributed by atoms with van der Waals surface area (Å²) in [7, 11) is 0. The van der Waals surface area contributed by atoms with Gasteiger partial charge in [-0.25, -0.2) is 4.98 Å². The molecular formula is C22H22N4O2S. The third kappa shape index (κ3) is 4.24. The van der Waals surface area contributed by atoms with Crippen LogP contribution in [-0.2, 0) is 12.0 Å². The summed E-state index contributed by atoms with van der Waals surface area (Å²) in [6.07, 6.45) is 1.93. The largest absolute Gasteiger partial charge is 0.467 e. The molecule has 0 saturated carbocycles. The van der Waals surface area contributed by atoms with E-state index in [1.165, 1.54) is 17.3 Å². The Hall–Kier alpha value is -2.93. The molecule has 29 heavy (non-hydrogen) atoms. The highest BCUT2D eigenvalue weighted by Crippen LogP contribution is 2.27. The molecule has 0 aliphatic carbocycles. The summed E-state index contributed by atoms with van der Waals surface area (Å²) in [5.41, 5.74) is 3.11. The van der Waals surface area contributed by atoms with Crippen LogP contribution in [0.1, 0.15) is 32.2 Å². The quantitative estimate of drug-likeness (QED) is 0.330. The number of thioether (sulfide) groups is 1. The monoisotopic (exact) mass is 406 g/mol. The van der Waals surface area contributed by atoms with E-state index in [9.17, 15) is 0 Å². The minimum absolute atomic E-state index is 0.102. The Bertz CT molecular complexity index is 1130. The Morgan fingerprint density at radius 2 is 1.72 bits per heavy atom. The number of hydrogen-bond acceptors (Lipinski definition) is 7. The minimum atomic E-state index is 0.102. The second-order valence-electron chi connectivity index (χ2n) is 7.66. The van der Waals surface area contributed by atoms with Gasteiger partial charge in [0.2, 0.25) is 11.7 Å². The molecule has 2 heterocycles. The molecule has 0 spiro atoms. The van der Waals surface area contributed by atoms with Crippen molar-refractivity contribution < 1.29 is 9.26 Å². The summed E-state index contributed by atoms with van der Waals surface area (Å²) in [6, 6.07) is 16.0. The van der Waals surface area contributed by atoms with Gasteiger partial charge < -0.3 is 9.26 Å². The van der Waals surface area contributed by atoms with Crippen molar-refractivity contribution in [2.45, 2.75) is 37.9 Å². The van der Waals surface area contributed by atoms with Crippen molar-refractivity contribution in [1.82, 2.24) is 20.1 Å². The van der Waals surface area contributed by atoms with Crippen LogP contribution in [0.4, 0.5) is 0 Å². The second-order valence-corrected chi connectivity index (χ2v) is 8.43. The molecule has 0 radical (unpaired) electrons.